The van der Waals surface area contributed by atoms with E-state index in [1.807, 2.05) is 31.2 Å². The molecule has 0 aromatic heterocycles. The lowest BCUT2D eigenvalue weighted by Crippen LogP contribution is -2.57. The Morgan fingerprint density at radius 1 is 1.32 bits per heavy atom. The maximum absolute atomic E-state index is 12.2. The van der Waals surface area contributed by atoms with Crippen molar-refractivity contribution < 1.29 is 4.79 Å². The Bertz CT molecular complexity index is 860. The van der Waals surface area contributed by atoms with Crippen molar-refractivity contribution in [1.82, 2.24) is 0 Å². The fourth-order valence-electron chi connectivity index (χ4n) is 6.14. The number of halogens is 1. The van der Waals surface area contributed by atoms with Crippen LogP contribution in [0.2, 0.25) is 0 Å². The van der Waals surface area contributed by atoms with Crippen LogP contribution in [0.15, 0.2) is 33.7 Å². The number of aliphatic imine (C=N–C) groups is 1. The summed E-state index contributed by atoms with van der Waals surface area (Å²) in [6, 6.07) is 10.4. The second kappa shape index (κ2) is 6.88. The summed E-state index contributed by atoms with van der Waals surface area (Å²) in [5.41, 5.74) is 12.4. The first-order chi connectivity index (χ1) is 13.3. The molecule has 4 saturated carbocycles. The van der Waals surface area contributed by atoms with E-state index in [2.05, 4.69) is 22.0 Å². The van der Waals surface area contributed by atoms with E-state index in [9.17, 15) is 10.1 Å². The van der Waals surface area contributed by atoms with Gasteiger partial charge in [0.2, 0.25) is 5.91 Å². The van der Waals surface area contributed by atoms with E-state index in [0.29, 0.717) is 23.6 Å². The van der Waals surface area contributed by atoms with Crippen LogP contribution in [0.4, 0.5) is 0 Å². The standard InChI is InChI=1S/C22H27BrN4O/c1-21(5-6-24,16-3-2-4-17(23)9-16)19(25)27-18-14-7-13-8-15(18)12-22(10-13,11-14)20(26)28/h2-4,9,13-15,18H,5,7-8,10-12H2,1H3,(H2,25,27)(H2,26,28). The first kappa shape index (κ1) is 19.4. The molecule has 1 amide bonds. The molecule has 0 heterocycles. The van der Waals surface area contributed by atoms with Gasteiger partial charge in [-0.15, -0.1) is 0 Å². The molecule has 4 N–H and O–H groups in total. The predicted octanol–water partition coefficient (Wildman–Crippen LogP) is 3.66. The number of primary amides is 1. The highest BCUT2D eigenvalue weighted by molar-refractivity contribution is 9.10. The highest BCUT2D eigenvalue weighted by atomic mass is 79.9. The van der Waals surface area contributed by atoms with Gasteiger partial charge in [0.15, 0.2) is 0 Å². The molecule has 3 unspecified atom stereocenters. The number of nitriles is 1. The largest absolute Gasteiger partial charge is 0.387 e. The van der Waals surface area contributed by atoms with Gasteiger partial charge in [-0.3, -0.25) is 9.79 Å². The lowest BCUT2D eigenvalue weighted by Gasteiger charge is -2.57. The SMILES string of the molecule is CC(CC#N)(C(N)=NC1C2CC3CC1CC(C(N)=O)(C3)C2)c1cccc(Br)c1. The highest BCUT2D eigenvalue weighted by Crippen LogP contribution is 2.60. The Balaban J connectivity index is 1.66. The zero-order chi connectivity index (χ0) is 20.1. The van der Waals surface area contributed by atoms with Gasteiger partial charge in [-0.1, -0.05) is 28.1 Å². The van der Waals surface area contributed by atoms with Crippen molar-refractivity contribution >= 4 is 27.7 Å². The van der Waals surface area contributed by atoms with Crippen LogP contribution in [-0.4, -0.2) is 17.8 Å². The molecule has 148 valence electrons. The number of nitrogens with zero attached hydrogens (tertiary/aromatic N) is 2. The molecule has 1 aromatic carbocycles. The zero-order valence-electron chi connectivity index (χ0n) is 16.2. The highest BCUT2D eigenvalue weighted by Gasteiger charge is 2.58. The van der Waals surface area contributed by atoms with Gasteiger partial charge in [-0.05, 0) is 74.5 Å². The smallest absolute Gasteiger partial charge is 0.223 e. The number of hydrogen-bond donors (Lipinski definition) is 2. The first-order valence-electron chi connectivity index (χ1n) is 10.0. The van der Waals surface area contributed by atoms with Crippen molar-refractivity contribution in [2.24, 2.45) is 39.6 Å². The number of nitrogens with two attached hydrogens (primary N) is 2. The van der Waals surface area contributed by atoms with E-state index in [1.54, 1.807) is 0 Å². The van der Waals surface area contributed by atoms with Crippen LogP contribution < -0.4 is 11.5 Å². The molecule has 0 spiro atoms. The third-order valence-corrected chi connectivity index (χ3v) is 7.99. The third kappa shape index (κ3) is 3.04. The maximum atomic E-state index is 12.2. The number of hydrogen-bond acceptors (Lipinski definition) is 3. The van der Waals surface area contributed by atoms with E-state index in [0.717, 1.165) is 42.1 Å². The van der Waals surface area contributed by atoms with Crippen molar-refractivity contribution in [2.45, 2.75) is 56.9 Å². The van der Waals surface area contributed by atoms with Crippen molar-refractivity contribution in [3.63, 3.8) is 0 Å². The molecule has 4 aliphatic rings. The first-order valence-corrected chi connectivity index (χ1v) is 10.8. The average molecular weight is 443 g/mol. The van der Waals surface area contributed by atoms with Crippen molar-refractivity contribution in [3.8, 4) is 6.07 Å². The molecule has 4 fully saturated rings. The lowest BCUT2D eigenvalue weighted by molar-refractivity contribution is -0.144. The molecular formula is C22H27BrN4O. The molecule has 0 aliphatic heterocycles. The van der Waals surface area contributed by atoms with Gasteiger partial charge in [-0.2, -0.15) is 5.26 Å². The number of rotatable bonds is 5. The predicted molar refractivity (Wildman–Crippen MR) is 112 cm³/mol. The number of amides is 1. The van der Waals surface area contributed by atoms with Crippen LogP contribution in [0.5, 0.6) is 0 Å². The van der Waals surface area contributed by atoms with Crippen LogP contribution in [0, 0.1) is 34.5 Å². The van der Waals surface area contributed by atoms with Crippen LogP contribution in [0.25, 0.3) is 0 Å². The summed E-state index contributed by atoms with van der Waals surface area (Å²) < 4.78 is 0.958. The molecule has 0 radical (unpaired) electrons. The second-order valence-corrected chi connectivity index (χ2v) is 10.2. The van der Waals surface area contributed by atoms with Gasteiger partial charge in [0.05, 0.1) is 23.9 Å². The molecule has 3 atom stereocenters. The average Bonchev–Trinajstić information content (AvgIpc) is 2.64. The summed E-state index contributed by atoms with van der Waals surface area (Å²) in [6.45, 7) is 2.00. The fraction of sp³-hybridized carbons (Fsp3) is 0.591. The monoisotopic (exact) mass is 442 g/mol. The van der Waals surface area contributed by atoms with Crippen molar-refractivity contribution in [1.29, 1.82) is 5.26 Å². The van der Waals surface area contributed by atoms with Gasteiger partial charge >= 0.3 is 0 Å². The van der Waals surface area contributed by atoms with E-state index >= 15 is 0 Å². The molecule has 1 aromatic rings. The van der Waals surface area contributed by atoms with E-state index in [-0.39, 0.29) is 23.8 Å². The summed E-state index contributed by atoms with van der Waals surface area (Å²) in [4.78, 5) is 17.2. The Kier molecular flexibility index (Phi) is 4.78. The van der Waals surface area contributed by atoms with Crippen LogP contribution >= 0.6 is 15.9 Å². The number of benzene rings is 1. The Labute approximate surface area is 174 Å². The Morgan fingerprint density at radius 2 is 2.00 bits per heavy atom. The minimum atomic E-state index is -0.630. The quantitative estimate of drug-likeness (QED) is 0.536. The fourth-order valence-corrected chi connectivity index (χ4v) is 6.54. The molecule has 5 rings (SSSR count). The molecule has 4 bridgehead atoms. The second-order valence-electron chi connectivity index (χ2n) is 9.30. The van der Waals surface area contributed by atoms with E-state index in [1.165, 1.54) is 0 Å². The minimum Gasteiger partial charge on any atom is -0.387 e. The van der Waals surface area contributed by atoms with Gasteiger partial charge < -0.3 is 11.5 Å². The Hall–Kier alpha value is -1.87. The summed E-state index contributed by atoms with van der Waals surface area (Å²) in [7, 11) is 0. The van der Waals surface area contributed by atoms with Crippen LogP contribution in [0.1, 0.15) is 51.0 Å². The molecule has 0 saturated heterocycles. The third-order valence-electron chi connectivity index (χ3n) is 7.49. The van der Waals surface area contributed by atoms with Gasteiger partial charge in [0.1, 0.15) is 5.84 Å². The minimum absolute atomic E-state index is 0.134. The summed E-state index contributed by atoms with van der Waals surface area (Å²) in [5.74, 6) is 1.72. The zero-order valence-corrected chi connectivity index (χ0v) is 17.8. The lowest BCUT2D eigenvalue weighted by atomic mass is 9.47. The summed E-state index contributed by atoms with van der Waals surface area (Å²) in [6.07, 6.45) is 5.11. The molecule has 28 heavy (non-hydrogen) atoms. The molecule has 6 heteroatoms. The topological polar surface area (TPSA) is 105 Å². The normalized spacial score (nSPS) is 36.0. The van der Waals surface area contributed by atoms with E-state index in [4.69, 9.17) is 16.5 Å². The molecule has 4 aliphatic carbocycles. The maximum Gasteiger partial charge on any atom is 0.223 e. The Morgan fingerprint density at radius 3 is 2.57 bits per heavy atom. The van der Waals surface area contributed by atoms with Crippen molar-refractivity contribution in [2.75, 3.05) is 0 Å². The summed E-state index contributed by atoms with van der Waals surface area (Å²) >= 11 is 3.52. The van der Waals surface area contributed by atoms with Gasteiger partial charge in [0.25, 0.3) is 0 Å². The van der Waals surface area contributed by atoms with Gasteiger partial charge in [-0.25, -0.2) is 0 Å². The van der Waals surface area contributed by atoms with Crippen LogP contribution in [-0.2, 0) is 10.2 Å². The number of carbonyl (C=O) groups is 1. The molecule has 5 nitrogen and oxygen atoms in total. The summed E-state index contributed by atoms with van der Waals surface area (Å²) in [5, 5.41) is 9.46. The number of carbonyl (C=O) groups excluding carboxylic acids is 1. The van der Waals surface area contributed by atoms with Crippen molar-refractivity contribution in [3.05, 3.63) is 34.3 Å². The number of amidine groups is 1. The molecular weight excluding hydrogens is 416 g/mol. The van der Waals surface area contributed by atoms with E-state index < -0.39 is 5.41 Å². The van der Waals surface area contributed by atoms with Crippen LogP contribution in [0.3, 0.4) is 0 Å². The van der Waals surface area contributed by atoms with Gasteiger partial charge in [0, 0.05) is 9.89 Å².